The summed E-state index contributed by atoms with van der Waals surface area (Å²) >= 11 is 0. The molecule has 0 aliphatic carbocycles. The molecular formula is C22H50O3. The van der Waals surface area contributed by atoms with Crippen LogP contribution in [0.4, 0.5) is 0 Å². The molecular weight excluding hydrogens is 312 g/mol. The molecule has 0 aliphatic heterocycles. The van der Waals surface area contributed by atoms with Gasteiger partial charge in [0.2, 0.25) is 0 Å². The minimum atomic E-state index is 0.361. The Balaban J connectivity index is -0.000000293. The van der Waals surface area contributed by atoms with E-state index in [0.29, 0.717) is 19.8 Å². The van der Waals surface area contributed by atoms with Gasteiger partial charge in [-0.05, 0) is 19.3 Å². The van der Waals surface area contributed by atoms with Gasteiger partial charge >= 0.3 is 0 Å². The second kappa shape index (κ2) is 35.1. The molecule has 156 valence electrons. The predicted octanol–water partition coefficient (Wildman–Crippen LogP) is 6.24. The number of aliphatic hydroxyl groups excluding tert-OH is 3. The Labute approximate surface area is 159 Å². The van der Waals surface area contributed by atoms with Gasteiger partial charge in [0.05, 0.1) is 0 Å². The summed E-state index contributed by atoms with van der Waals surface area (Å²) in [5, 5.41) is 25.1. The highest BCUT2D eigenvalue weighted by Gasteiger charge is 1.87. The molecule has 0 saturated heterocycles. The van der Waals surface area contributed by atoms with E-state index in [1.165, 1.54) is 83.5 Å². The van der Waals surface area contributed by atoms with Crippen molar-refractivity contribution in [1.82, 2.24) is 0 Å². The molecule has 0 heterocycles. The van der Waals surface area contributed by atoms with Crippen molar-refractivity contribution in [2.45, 2.75) is 124 Å². The second-order valence-electron chi connectivity index (χ2n) is 6.77. The molecule has 0 aromatic carbocycles. The summed E-state index contributed by atoms with van der Waals surface area (Å²) in [4.78, 5) is 0. The third-order valence-electron chi connectivity index (χ3n) is 4.04. The van der Waals surface area contributed by atoms with Crippen molar-refractivity contribution >= 4 is 0 Å². The summed E-state index contributed by atoms with van der Waals surface area (Å²) in [6.07, 6.45) is 19.7. The van der Waals surface area contributed by atoms with E-state index in [0.717, 1.165) is 19.3 Å². The molecule has 0 amide bonds. The van der Waals surface area contributed by atoms with Gasteiger partial charge in [0.1, 0.15) is 0 Å². The fraction of sp³-hybridized carbons (Fsp3) is 1.00. The zero-order valence-corrected chi connectivity index (χ0v) is 17.8. The van der Waals surface area contributed by atoms with Crippen molar-refractivity contribution in [1.29, 1.82) is 0 Å². The van der Waals surface area contributed by atoms with Crippen molar-refractivity contribution in [2.75, 3.05) is 19.8 Å². The van der Waals surface area contributed by atoms with Gasteiger partial charge in [0.15, 0.2) is 0 Å². The Morgan fingerprint density at radius 2 is 0.520 bits per heavy atom. The lowest BCUT2D eigenvalue weighted by molar-refractivity contribution is 0.282. The van der Waals surface area contributed by atoms with Crippen molar-refractivity contribution < 1.29 is 15.3 Å². The zero-order valence-electron chi connectivity index (χ0n) is 17.8. The standard InChI is InChI=1S/2C8H18O.C6H14O/c2*1-2-3-4-5-6-7-8-9;1-2-3-4-5-6-7/h2*9H,2-8H2,1H3;7H,2-6H2,1H3. The van der Waals surface area contributed by atoms with Gasteiger partial charge in [-0.1, -0.05) is 104 Å². The Morgan fingerprint density at radius 1 is 0.320 bits per heavy atom. The molecule has 0 unspecified atom stereocenters. The zero-order chi connectivity index (χ0) is 19.4. The van der Waals surface area contributed by atoms with Crippen LogP contribution in [-0.4, -0.2) is 35.1 Å². The van der Waals surface area contributed by atoms with Crippen LogP contribution in [0.25, 0.3) is 0 Å². The number of hydrogen-bond acceptors (Lipinski definition) is 3. The van der Waals surface area contributed by atoms with Crippen molar-refractivity contribution in [2.24, 2.45) is 0 Å². The van der Waals surface area contributed by atoms with Crippen LogP contribution < -0.4 is 0 Å². The van der Waals surface area contributed by atoms with E-state index >= 15 is 0 Å². The number of hydrogen-bond donors (Lipinski definition) is 3. The summed E-state index contributed by atoms with van der Waals surface area (Å²) in [7, 11) is 0. The average molecular weight is 363 g/mol. The molecule has 0 bridgehead atoms. The van der Waals surface area contributed by atoms with Crippen molar-refractivity contribution in [3.63, 3.8) is 0 Å². The van der Waals surface area contributed by atoms with Gasteiger partial charge in [-0.15, -0.1) is 0 Å². The molecule has 0 saturated carbocycles. The highest BCUT2D eigenvalue weighted by molar-refractivity contribution is 4.42. The molecule has 3 N–H and O–H groups in total. The molecule has 3 nitrogen and oxygen atoms in total. The molecule has 0 fully saturated rings. The molecule has 3 heteroatoms. The predicted molar refractivity (Wildman–Crippen MR) is 112 cm³/mol. The molecule has 0 atom stereocenters. The number of rotatable bonds is 16. The van der Waals surface area contributed by atoms with Crippen LogP contribution in [0.3, 0.4) is 0 Å². The van der Waals surface area contributed by atoms with Gasteiger partial charge in [-0.3, -0.25) is 0 Å². The van der Waals surface area contributed by atoms with E-state index < -0.39 is 0 Å². The van der Waals surface area contributed by atoms with Crippen molar-refractivity contribution in [3.05, 3.63) is 0 Å². The van der Waals surface area contributed by atoms with E-state index in [1.807, 2.05) is 0 Å². The summed E-state index contributed by atoms with van der Waals surface area (Å²) < 4.78 is 0. The van der Waals surface area contributed by atoms with Crippen LogP contribution >= 0.6 is 0 Å². The van der Waals surface area contributed by atoms with E-state index in [1.54, 1.807) is 0 Å². The maximum Gasteiger partial charge on any atom is 0.0431 e. The largest absolute Gasteiger partial charge is 0.396 e. The van der Waals surface area contributed by atoms with Gasteiger partial charge < -0.3 is 15.3 Å². The van der Waals surface area contributed by atoms with E-state index in [-0.39, 0.29) is 0 Å². The van der Waals surface area contributed by atoms with Gasteiger partial charge in [0.25, 0.3) is 0 Å². The molecule has 0 aromatic heterocycles. The van der Waals surface area contributed by atoms with Crippen LogP contribution in [0.2, 0.25) is 0 Å². The minimum absolute atomic E-state index is 0.361. The SMILES string of the molecule is CCCCCCCCO.CCCCCCCCO.CCCCCCO. The van der Waals surface area contributed by atoms with Crippen LogP contribution in [-0.2, 0) is 0 Å². The first-order valence-electron chi connectivity index (χ1n) is 11.1. The molecule has 0 aliphatic rings. The lowest BCUT2D eigenvalue weighted by Gasteiger charge is -1.95. The number of unbranched alkanes of at least 4 members (excludes halogenated alkanes) is 13. The van der Waals surface area contributed by atoms with Crippen LogP contribution in [0.15, 0.2) is 0 Å². The summed E-state index contributed by atoms with van der Waals surface area (Å²) in [6.45, 7) is 7.69. The quantitative estimate of drug-likeness (QED) is 0.285. The molecule has 25 heavy (non-hydrogen) atoms. The third-order valence-corrected chi connectivity index (χ3v) is 4.04. The smallest absolute Gasteiger partial charge is 0.0431 e. The maximum atomic E-state index is 8.42. The Bertz CT molecular complexity index is 145. The fourth-order valence-corrected chi connectivity index (χ4v) is 2.32. The monoisotopic (exact) mass is 362 g/mol. The van der Waals surface area contributed by atoms with Gasteiger partial charge in [-0.25, -0.2) is 0 Å². The molecule has 0 spiro atoms. The van der Waals surface area contributed by atoms with Gasteiger partial charge in [0, 0.05) is 19.8 Å². The second-order valence-corrected chi connectivity index (χ2v) is 6.77. The lowest BCUT2D eigenvalue weighted by atomic mass is 10.1. The topological polar surface area (TPSA) is 60.7 Å². The Kier molecular flexibility index (Phi) is 41.6. The van der Waals surface area contributed by atoms with E-state index in [4.69, 9.17) is 15.3 Å². The lowest BCUT2D eigenvalue weighted by Crippen LogP contribution is -1.82. The summed E-state index contributed by atoms with van der Waals surface area (Å²) in [5.41, 5.74) is 0. The maximum absolute atomic E-state index is 8.42. The highest BCUT2D eigenvalue weighted by Crippen LogP contribution is 2.04. The van der Waals surface area contributed by atoms with E-state index in [9.17, 15) is 0 Å². The Hall–Kier alpha value is -0.120. The number of aliphatic hydroxyl groups is 3. The van der Waals surface area contributed by atoms with Crippen molar-refractivity contribution in [3.8, 4) is 0 Å². The highest BCUT2D eigenvalue weighted by atomic mass is 16.3. The molecule has 0 aromatic rings. The molecule has 0 rings (SSSR count). The van der Waals surface area contributed by atoms with Crippen LogP contribution in [0.5, 0.6) is 0 Å². The van der Waals surface area contributed by atoms with Crippen LogP contribution in [0.1, 0.15) is 124 Å². The fourth-order valence-electron chi connectivity index (χ4n) is 2.32. The summed E-state index contributed by atoms with van der Waals surface area (Å²) in [6, 6.07) is 0. The minimum Gasteiger partial charge on any atom is -0.396 e. The summed E-state index contributed by atoms with van der Waals surface area (Å²) in [5.74, 6) is 0. The first-order chi connectivity index (χ1) is 12.2. The first-order valence-corrected chi connectivity index (χ1v) is 11.1. The Morgan fingerprint density at radius 3 is 0.760 bits per heavy atom. The van der Waals surface area contributed by atoms with Gasteiger partial charge in [-0.2, -0.15) is 0 Å². The molecule has 0 radical (unpaired) electrons. The normalized spacial score (nSPS) is 9.84. The third kappa shape index (κ3) is 45.3. The van der Waals surface area contributed by atoms with E-state index in [2.05, 4.69) is 20.8 Å². The average Bonchev–Trinajstić information content (AvgIpc) is 2.63. The van der Waals surface area contributed by atoms with Crippen LogP contribution in [0, 0.1) is 0 Å². The first kappa shape index (κ1) is 29.6.